The summed E-state index contributed by atoms with van der Waals surface area (Å²) in [5, 5.41) is 9.18. The molecule has 0 aromatic rings. The van der Waals surface area contributed by atoms with E-state index in [1.807, 2.05) is 0 Å². The van der Waals surface area contributed by atoms with Gasteiger partial charge in [0, 0.05) is 0 Å². The Hall–Kier alpha value is -0.0900. The minimum atomic E-state index is -3.16. The molecule has 1 unspecified atom stereocenters. The zero-order valence-corrected chi connectivity index (χ0v) is 8.98. The summed E-state index contributed by atoms with van der Waals surface area (Å²) in [5.74, 6) is -0.132. The molecule has 1 atom stereocenters. The number of hydrogen-bond donors (Lipinski definition) is 1. The second-order valence-electron chi connectivity index (χ2n) is 3.96. The van der Waals surface area contributed by atoms with Crippen molar-refractivity contribution in [2.75, 3.05) is 5.75 Å². The van der Waals surface area contributed by atoms with Crippen LogP contribution in [0, 0.1) is 0 Å². The number of hydrogen-bond acceptors (Lipinski definition) is 3. The molecule has 0 aliphatic carbocycles. The SMILES string of the molecule is CCC(O)CS(=O)(=O)C(C)(C)C. The zero-order chi connectivity index (χ0) is 9.99. The Morgan fingerprint density at radius 2 is 1.75 bits per heavy atom. The van der Waals surface area contributed by atoms with Crippen LogP contribution in [0.1, 0.15) is 34.1 Å². The minimum Gasteiger partial charge on any atom is -0.392 e. The molecule has 0 amide bonds. The third-order valence-electron chi connectivity index (χ3n) is 1.82. The summed E-state index contributed by atoms with van der Waals surface area (Å²) in [6, 6.07) is 0. The van der Waals surface area contributed by atoms with Gasteiger partial charge >= 0.3 is 0 Å². The van der Waals surface area contributed by atoms with Crippen LogP contribution in [-0.2, 0) is 9.84 Å². The number of sulfone groups is 1. The molecule has 0 aromatic heterocycles. The van der Waals surface area contributed by atoms with Crippen molar-refractivity contribution in [3.05, 3.63) is 0 Å². The van der Waals surface area contributed by atoms with Crippen molar-refractivity contribution < 1.29 is 13.5 Å². The Kier molecular flexibility index (Phi) is 3.72. The molecule has 0 saturated carbocycles. The molecular formula is C8H18O3S. The van der Waals surface area contributed by atoms with Gasteiger partial charge in [-0.25, -0.2) is 8.42 Å². The van der Waals surface area contributed by atoms with Gasteiger partial charge in [-0.15, -0.1) is 0 Å². The third kappa shape index (κ3) is 3.11. The van der Waals surface area contributed by atoms with Crippen LogP contribution < -0.4 is 0 Å². The fourth-order valence-electron chi connectivity index (χ4n) is 0.621. The van der Waals surface area contributed by atoms with E-state index in [2.05, 4.69) is 0 Å². The summed E-state index contributed by atoms with van der Waals surface area (Å²) >= 11 is 0. The lowest BCUT2D eigenvalue weighted by atomic mass is 10.3. The highest BCUT2D eigenvalue weighted by atomic mass is 32.2. The Morgan fingerprint density at radius 3 is 2.00 bits per heavy atom. The molecular weight excluding hydrogens is 176 g/mol. The lowest BCUT2D eigenvalue weighted by Crippen LogP contribution is -2.34. The van der Waals surface area contributed by atoms with Gasteiger partial charge < -0.3 is 5.11 Å². The van der Waals surface area contributed by atoms with Crippen molar-refractivity contribution in [2.45, 2.75) is 45.0 Å². The van der Waals surface area contributed by atoms with E-state index < -0.39 is 20.7 Å². The fraction of sp³-hybridized carbons (Fsp3) is 1.00. The Morgan fingerprint density at radius 1 is 1.33 bits per heavy atom. The van der Waals surface area contributed by atoms with Gasteiger partial charge in [0.2, 0.25) is 0 Å². The topological polar surface area (TPSA) is 54.4 Å². The van der Waals surface area contributed by atoms with Gasteiger partial charge in [0.25, 0.3) is 0 Å². The monoisotopic (exact) mass is 194 g/mol. The van der Waals surface area contributed by atoms with Crippen LogP contribution in [-0.4, -0.2) is 30.1 Å². The van der Waals surface area contributed by atoms with E-state index in [9.17, 15) is 13.5 Å². The minimum absolute atomic E-state index is 0.132. The maximum atomic E-state index is 11.5. The highest BCUT2D eigenvalue weighted by Gasteiger charge is 2.30. The summed E-state index contributed by atoms with van der Waals surface area (Å²) in [7, 11) is -3.16. The van der Waals surface area contributed by atoms with Crippen molar-refractivity contribution in [1.82, 2.24) is 0 Å². The molecule has 1 N–H and O–H groups in total. The van der Waals surface area contributed by atoms with E-state index in [1.54, 1.807) is 27.7 Å². The second-order valence-corrected chi connectivity index (χ2v) is 6.74. The number of aliphatic hydroxyl groups is 1. The van der Waals surface area contributed by atoms with E-state index >= 15 is 0 Å². The first-order valence-corrected chi connectivity index (χ1v) is 5.76. The Bertz CT molecular complexity index is 223. The molecule has 0 fully saturated rings. The summed E-state index contributed by atoms with van der Waals surface area (Å²) in [5.41, 5.74) is 0. The average molecular weight is 194 g/mol. The van der Waals surface area contributed by atoms with E-state index in [0.717, 1.165) is 0 Å². The van der Waals surface area contributed by atoms with Crippen LogP contribution in [0.5, 0.6) is 0 Å². The standard InChI is InChI=1S/C8H18O3S/c1-5-7(9)6-12(10,11)8(2,3)4/h7,9H,5-6H2,1-4H3. The third-order valence-corrected chi connectivity index (χ3v) is 4.51. The fourth-order valence-corrected chi connectivity index (χ4v) is 1.86. The lowest BCUT2D eigenvalue weighted by Gasteiger charge is -2.20. The summed E-state index contributed by atoms with van der Waals surface area (Å²) in [4.78, 5) is 0. The maximum Gasteiger partial charge on any atom is 0.157 e. The molecule has 12 heavy (non-hydrogen) atoms. The van der Waals surface area contributed by atoms with Crippen LogP contribution in [0.3, 0.4) is 0 Å². The van der Waals surface area contributed by atoms with Crippen molar-refractivity contribution in [3.8, 4) is 0 Å². The first-order chi connectivity index (χ1) is 5.20. The van der Waals surface area contributed by atoms with Crippen molar-refractivity contribution in [3.63, 3.8) is 0 Å². The van der Waals surface area contributed by atoms with Gasteiger partial charge in [-0.3, -0.25) is 0 Å². The highest BCUT2D eigenvalue weighted by molar-refractivity contribution is 7.92. The molecule has 3 nitrogen and oxygen atoms in total. The molecule has 0 saturated heterocycles. The molecule has 0 bridgehead atoms. The van der Waals surface area contributed by atoms with Crippen molar-refractivity contribution in [1.29, 1.82) is 0 Å². The smallest absolute Gasteiger partial charge is 0.157 e. The molecule has 0 aromatic carbocycles. The van der Waals surface area contributed by atoms with E-state index in [4.69, 9.17) is 0 Å². The predicted octanol–water partition coefficient (Wildman–Crippen LogP) is 0.971. The second kappa shape index (κ2) is 3.75. The van der Waals surface area contributed by atoms with E-state index in [0.29, 0.717) is 6.42 Å². The lowest BCUT2D eigenvalue weighted by molar-refractivity contribution is 0.192. The molecule has 0 spiro atoms. The van der Waals surface area contributed by atoms with Gasteiger partial charge in [-0.2, -0.15) is 0 Å². The quantitative estimate of drug-likeness (QED) is 0.728. The largest absolute Gasteiger partial charge is 0.392 e. The number of aliphatic hydroxyl groups excluding tert-OH is 1. The van der Waals surface area contributed by atoms with Gasteiger partial charge in [-0.1, -0.05) is 6.92 Å². The molecule has 0 aliphatic heterocycles. The van der Waals surface area contributed by atoms with Gasteiger partial charge in [0.15, 0.2) is 9.84 Å². The van der Waals surface area contributed by atoms with Crippen LogP contribution in [0.4, 0.5) is 0 Å². The van der Waals surface area contributed by atoms with E-state index in [1.165, 1.54) is 0 Å². The average Bonchev–Trinajstić information content (AvgIpc) is 1.84. The summed E-state index contributed by atoms with van der Waals surface area (Å²) < 4.78 is 22.2. The van der Waals surface area contributed by atoms with Gasteiger partial charge in [0.1, 0.15) is 0 Å². The van der Waals surface area contributed by atoms with Gasteiger partial charge in [0.05, 0.1) is 16.6 Å². The Balaban J connectivity index is 4.46. The number of rotatable bonds is 3. The molecule has 74 valence electrons. The molecule has 0 radical (unpaired) electrons. The highest BCUT2D eigenvalue weighted by Crippen LogP contribution is 2.17. The van der Waals surface area contributed by atoms with Crippen molar-refractivity contribution >= 4 is 9.84 Å². The van der Waals surface area contributed by atoms with Crippen LogP contribution in [0.15, 0.2) is 0 Å². The summed E-state index contributed by atoms with van der Waals surface area (Å²) in [6.45, 7) is 6.70. The van der Waals surface area contributed by atoms with Crippen molar-refractivity contribution in [2.24, 2.45) is 0 Å². The normalized spacial score (nSPS) is 16.1. The first-order valence-electron chi connectivity index (χ1n) is 4.11. The van der Waals surface area contributed by atoms with Crippen LogP contribution in [0.25, 0.3) is 0 Å². The van der Waals surface area contributed by atoms with E-state index in [-0.39, 0.29) is 5.75 Å². The predicted molar refractivity (Wildman–Crippen MR) is 49.8 cm³/mol. The van der Waals surface area contributed by atoms with Gasteiger partial charge in [-0.05, 0) is 27.2 Å². The maximum absolute atomic E-state index is 11.5. The summed E-state index contributed by atoms with van der Waals surface area (Å²) in [6.07, 6.45) is -0.246. The molecule has 0 rings (SSSR count). The van der Waals surface area contributed by atoms with Crippen LogP contribution in [0.2, 0.25) is 0 Å². The molecule has 4 heteroatoms. The molecule has 0 aliphatic rings. The first kappa shape index (κ1) is 11.9. The Labute approximate surface area is 74.7 Å². The molecule has 0 heterocycles. The zero-order valence-electron chi connectivity index (χ0n) is 8.16. The van der Waals surface area contributed by atoms with Crippen LogP contribution >= 0.6 is 0 Å².